The summed E-state index contributed by atoms with van der Waals surface area (Å²) in [7, 11) is 0. The smallest absolute Gasteiger partial charge is 0.200 e. The van der Waals surface area contributed by atoms with Crippen molar-refractivity contribution in [2.75, 3.05) is 0 Å². The van der Waals surface area contributed by atoms with Crippen molar-refractivity contribution < 1.29 is 13.5 Å². The average Bonchev–Trinajstić information content (AvgIpc) is 2.10. The Balaban J connectivity index is 3.33. The van der Waals surface area contributed by atoms with Gasteiger partial charge in [-0.1, -0.05) is 26.8 Å². The fourth-order valence-corrected chi connectivity index (χ4v) is 1.65. The van der Waals surface area contributed by atoms with Crippen molar-refractivity contribution in [3.8, 4) is 5.75 Å². The maximum absolute atomic E-state index is 13.6. The van der Waals surface area contributed by atoms with Crippen molar-refractivity contribution in [1.29, 1.82) is 0 Å². The number of halogens is 3. The minimum absolute atomic E-state index is 0.0226. The zero-order chi connectivity index (χ0) is 12.5. The zero-order valence-corrected chi connectivity index (χ0v) is 11.9. The van der Waals surface area contributed by atoms with E-state index in [9.17, 15) is 8.78 Å². The number of alkyl halides is 1. The Bertz CT molecular complexity index is 383. The summed E-state index contributed by atoms with van der Waals surface area (Å²) in [5, 5.41) is 0. The lowest BCUT2D eigenvalue weighted by atomic mass is 9.86. The molecule has 0 fully saturated rings. The Kier molecular flexibility index (Phi) is 4.15. The highest BCUT2D eigenvalue weighted by Crippen LogP contribution is 2.35. The standard InChI is InChI=1S/C12H15F2IO/c1-7(15)16-11-8(12(2,3)4)5-6-9(13)10(11)14/h5-7H,1-4H3. The highest BCUT2D eigenvalue weighted by molar-refractivity contribution is 14.1. The summed E-state index contributed by atoms with van der Waals surface area (Å²) in [6.07, 6.45) is 0. The third-order valence-electron chi connectivity index (χ3n) is 2.14. The summed E-state index contributed by atoms with van der Waals surface area (Å²) in [5.74, 6) is -1.76. The normalized spacial score (nSPS) is 13.7. The van der Waals surface area contributed by atoms with Crippen LogP contribution >= 0.6 is 22.6 Å². The van der Waals surface area contributed by atoms with Crippen LogP contribution in [-0.2, 0) is 5.41 Å². The summed E-state index contributed by atoms with van der Waals surface area (Å²) >= 11 is 2.01. The molecule has 1 aromatic carbocycles. The SMILES string of the molecule is CC(I)Oc1c(C(C)(C)C)ccc(F)c1F. The van der Waals surface area contributed by atoms with Gasteiger partial charge in [0.2, 0.25) is 5.82 Å². The van der Waals surface area contributed by atoms with Gasteiger partial charge in [0.25, 0.3) is 0 Å². The molecule has 1 unspecified atom stereocenters. The van der Waals surface area contributed by atoms with Gasteiger partial charge in [-0.2, -0.15) is 4.39 Å². The summed E-state index contributed by atoms with van der Waals surface area (Å²) in [6, 6.07) is 2.72. The molecule has 4 heteroatoms. The fourth-order valence-electron chi connectivity index (χ4n) is 1.40. The lowest BCUT2D eigenvalue weighted by Crippen LogP contribution is -2.16. The third kappa shape index (κ3) is 3.06. The van der Waals surface area contributed by atoms with Gasteiger partial charge in [-0.3, -0.25) is 0 Å². The zero-order valence-electron chi connectivity index (χ0n) is 9.77. The Morgan fingerprint density at radius 3 is 2.25 bits per heavy atom. The van der Waals surface area contributed by atoms with Gasteiger partial charge in [0.05, 0.1) is 0 Å². The molecule has 0 N–H and O–H groups in total. The van der Waals surface area contributed by atoms with E-state index in [1.807, 2.05) is 43.4 Å². The molecule has 0 saturated heterocycles. The summed E-state index contributed by atoms with van der Waals surface area (Å²) < 4.78 is 31.9. The molecule has 0 aliphatic heterocycles. The van der Waals surface area contributed by atoms with E-state index in [4.69, 9.17) is 4.74 Å². The van der Waals surface area contributed by atoms with Crippen molar-refractivity contribution in [1.82, 2.24) is 0 Å². The molecule has 0 heterocycles. The second kappa shape index (κ2) is 4.85. The lowest BCUT2D eigenvalue weighted by Gasteiger charge is -2.24. The summed E-state index contributed by atoms with van der Waals surface area (Å²) in [4.78, 5) is 0. The molecule has 0 radical (unpaired) electrons. The van der Waals surface area contributed by atoms with Crippen molar-refractivity contribution in [3.63, 3.8) is 0 Å². The molecular formula is C12H15F2IO. The third-order valence-corrected chi connectivity index (χ3v) is 2.39. The topological polar surface area (TPSA) is 9.23 Å². The van der Waals surface area contributed by atoms with E-state index >= 15 is 0 Å². The monoisotopic (exact) mass is 340 g/mol. The lowest BCUT2D eigenvalue weighted by molar-refractivity contribution is 0.289. The summed E-state index contributed by atoms with van der Waals surface area (Å²) in [5.41, 5.74) is 0.394. The molecule has 90 valence electrons. The predicted molar refractivity (Wildman–Crippen MR) is 69.2 cm³/mol. The first-order chi connectivity index (χ1) is 7.23. The van der Waals surface area contributed by atoms with E-state index in [-0.39, 0.29) is 15.3 Å². The van der Waals surface area contributed by atoms with Gasteiger partial charge in [-0.05, 0) is 41.0 Å². The molecule has 1 nitrogen and oxygen atoms in total. The highest BCUT2D eigenvalue weighted by atomic mass is 127. The van der Waals surface area contributed by atoms with Crippen molar-refractivity contribution >= 4 is 22.6 Å². The van der Waals surface area contributed by atoms with Crippen LogP contribution in [0.4, 0.5) is 8.78 Å². The molecule has 0 aliphatic carbocycles. The van der Waals surface area contributed by atoms with E-state index in [0.717, 1.165) is 6.07 Å². The molecule has 1 atom stereocenters. The Labute approximate surface area is 108 Å². The molecule has 0 spiro atoms. The first-order valence-electron chi connectivity index (χ1n) is 5.02. The van der Waals surface area contributed by atoms with Gasteiger partial charge >= 0.3 is 0 Å². The number of benzene rings is 1. The van der Waals surface area contributed by atoms with Gasteiger partial charge in [0.15, 0.2) is 11.6 Å². The molecular weight excluding hydrogens is 325 g/mol. The van der Waals surface area contributed by atoms with Crippen molar-refractivity contribution in [2.24, 2.45) is 0 Å². The highest BCUT2D eigenvalue weighted by Gasteiger charge is 2.24. The second-order valence-corrected chi connectivity index (χ2v) is 6.40. The van der Waals surface area contributed by atoms with Crippen LogP contribution in [0.25, 0.3) is 0 Å². The van der Waals surface area contributed by atoms with Gasteiger partial charge in [0, 0.05) is 5.56 Å². The van der Waals surface area contributed by atoms with Gasteiger partial charge in [0.1, 0.15) is 4.11 Å². The van der Waals surface area contributed by atoms with E-state index in [1.54, 1.807) is 13.0 Å². The Hall–Kier alpha value is -0.390. The fraction of sp³-hybridized carbons (Fsp3) is 0.500. The van der Waals surface area contributed by atoms with Gasteiger partial charge in [-0.25, -0.2) is 4.39 Å². The Morgan fingerprint density at radius 1 is 1.25 bits per heavy atom. The Morgan fingerprint density at radius 2 is 1.81 bits per heavy atom. The van der Waals surface area contributed by atoms with Gasteiger partial charge in [-0.15, -0.1) is 0 Å². The second-order valence-electron chi connectivity index (χ2n) is 4.65. The van der Waals surface area contributed by atoms with E-state index < -0.39 is 11.6 Å². The number of rotatable bonds is 2. The van der Waals surface area contributed by atoms with Crippen LogP contribution in [0.3, 0.4) is 0 Å². The first kappa shape index (κ1) is 13.7. The van der Waals surface area contributed by atoms with Crippen LogP contribution in [0.1, 0.15) is 33.3 Å². The van der Waals surface area contributed by atoms with Crippen LogP contribution in [0.2, 0.25) is 0 Å². The van der Waals surface area contributed by atoms with Crippen LogP contribution in [-0.4, -0.2) is 4.11 Å². The minimum Gasteiger partial charge on any atom is -0.477 e. The predicted octanol–water partition coefficient (Wildman–Crippen LogP) is 4.42. The van der Waals surface area contributed by atoms with E-state index in [1.165, 1.54) is 0 Å². The molecule has 16 heavy (non-hydrogen) atoms. The van der Waals surface area contributed by atoms with Crippen LogP contribution in [0.15, 0.2) is 12.1 Å². The molecule has 0 saturated carbocycles. The van der Waals surface area contributed by atoms with E-state index in [2.05, 4.69) is 0 Å². The number of hydrogen-bond donors (Lipinski definition) is 0. The van der Waals surface area contributed by atoms with Crippen LogP contribution < -0.4 is 4.74 Å². The largest absolute Gasteiger partial charge is 0.477 e. The van der Waals surface area contributed by atoms with Crippen LogP contribution in [0.5, 0.6) is 5.75 Å². The average molecular weight is 340 g/mol. The molecule has 0 aromatic heterocycles. The van der Waals surface area contributed by atoms with Gasteiger partial charge < -0.3 is 4.74 Å². The quantitative estimate of drug-likeness (QED) is 0.572. The number of ether oxygens (including phenoxy) is 1. The maximum Gasteiger partial charge on any atom is 0.200 e. The maximum atomic E-state index is 13.6. The molecule has 0 aliphatic rings. The van der Waals surface area contributed by atoms with E-state index in [0.29, 0.717) is 5.56 Å². The van der Waals surface area contributed by atoms with Crippen molar-refractivity contribution in [2.45, 2.75) is 37.2 Å². The minimum atomic E-state index is -0.907. The number of hydrogen-bond acceptors (Lipinski definition) is 1. The molecule has 1 rings (SSSR count). The molecule has 0 amide bonds. The van der Waals surface area contributed by atoms with Crippen molar-refractivity contribution in [3.05, 3.63) is 29.3 Å². The summed E-state index contributed by atoms with van der Waals surface area (Å²) in [6.45, 7) is 7.58. The molecule has 0 bridgehead atoms. The molecule has 1 aromatic rings. The van der Waals surface area contributed by atoms with Crippen LogP contribution in [0, 0.1) is 11.6 Å². The first-order valence-corrected chi connectivity index (χ1v) is 6.27.